The maximum Gasteiger partial charge on any atom is 0.334 e. The summed E-state index contributed by atoms with van der Waals surface area (Å²) in [6, 6.07) is 8.80. The Balaban J connectivity index is 1.92. The first-order valence-electron chi connectivity index (χ1n) is 8.40. The van der Waals surface area contributed by atoms with Crippen LogP contribution in [0.25, 0.3) is 0 Å². The summed E-state index contributed by atoms with van der Waals surface area (Å²) in [6.45, 7) is 0. The van der Waals surface area contributed by atoms with E-state index in [1.807, 2.05) is 0 Å². The quantitative estimate of drug-likeness (QED) is 0.377. The molecule has 2 aromatic carbocycles. The van der Waals surface area contributed by atoms with Crippen LogP contribution in [0.4, 0.5) is 0 Å². The van der Waals surface area contributed by atoms with Crippen LogP contribution < -0.4 is 4.74 Å². The normalized spacial score (nSPS) is 14.7. The van der Waals surface area contributed by atoms with Gasteiger partial charge in [0.05, 0.1) is 26.9 Å². The summed E-state index contributed by atoms with van der Waals surface area (Å²) >= 11 is 11.7. The van der Waals surface area contributed by atoms with Crippen molar-refractivity contribution in [1.82, 2.24) is 4.90 Å². The number of hydrogen-bond donors (Lipinski definition) is 0. The molecule has 1 heterocycles. The van der Waals surface area contributed by atoms with E-state index in [-0.39, 0.29) is 33.3 Å². The third-order valence-electron chi connectivity index (χ3n) is 4.28. The highest BCUT2D eigenvalue weighted by Crippen LogP contribution is 2.29. The lowest BCUT2D eigenvalue weighted by molar-refractivity contribution is -0.138. The summed E-state index contributed by atoms with van der Waals surface area (Å²) < 4.78 is 28.5. The van der Waals surface area contributed by atoms with Crippen molar-refractivity contribution in [1.29, 1.82) is 0 Å². The molecule has 152 valence electrons. The van der Waals surface area contributed by atoms with Crippen molar-refractivity contribution in [3.8, 4) is 5.75 Å². The minimum absolute atomic E-state index is 0.0466. The predicted molar refractivity (Wildman–Crippen MR) is 107 cm³/mol. The van der Waals surface area contributed by atoms with Gasteiger partial charge in [0, 0.05) is 12.3 Å². The van der Waals surface area contributed by atoms with Crippen LogP contribution in [0.3, 0.4) is 0 Å². The zero-order valence-corrected chi connectivity index (χ0v) is 17.4. The van der Waals surface area contributed by atoms with E-state index in [1.54, 1.807) is 12.1 Å². The predicted octanol–water partition coefficient (Wildman–Crippen LogP) is 3.00. The molecular weight excluding hydrogens is 441 g/mol. The summed E-state index contributed by atoms with van der Waals surface area (Å²) in [7, 11) is -3.47. The van der Waals surface area contributed by atoms with E-state index in [2.05, 4.69) is 0 Å². The van der Waals surface area contributed by atoms with Crippen LogP contribution in [0, 0.1) is 0 Å². The second-order valence-electron chi connectivity index (χ2n) is 6.46. The molecule has 3 rings (SSSR count). The number of hydrogen-bond acceptors (Lipinski definition) is 6. The molecule has 0 fully saturated rings. The minimum atomic E-state index is -3.47. The number of benzene rings is 2. The summed E-state index contributed by atoms with van der Waals surface area (Å²) in [5.41, 5.74) is 0.286. The molecule has 1 aliphatic rings. The molecule has 29 heavy (non-hydrogen) atoms. The number of rotatable bonds is 6. The summed E-state index contributed by atoms with van der Waals surface area (Å²) in [5, 5.41) is 0.394. The van der Waals surface area contributed by atoms with Crippen LogP contribution in [0.2, 0.25) is 10.0 Å². The van der Waals surface area contributed by atoms with Crippen molar-refractivity contribution >= 4 is 50.8 Å². The lowest BCUT2D eigenvalue weighted by Crippen LogP contribution is -2.47. The molecular formula is C19H15Cl2NO6S. The second kappa shape index (κ2) is 8.14. The summed E-state index contributed by atoms with van der Waals surface area (Å²) in [6.07, 6.45) is 0.696. The second-order valence-corrected chi connectivity index (χ2v) is 9.53. The van der Waals surface area contributed by atoms with Crippen molar-refractivity contribution < 1.29 is 27.5 Å². The SMILES string of the molecule is CS(=O)(=O)CCC(C(=O)Oc1ccc(Cl)c(Cl)c1)N1C(=O)c2ccccc2C1=O. The fourth-order valence-corrected chi connectivity index (χ4v) is 3.83. The summed E-state index contributed by atoms with van der Waals surface area (Å²) in [4.78, 5) is 39.0. The third kappa shape index (κ3) is 4.60. The Morgan fingerprint density at radius 1 is 1.03 bits per heavy atom. The van der Waals surface area contributed by atoms with Crippen LogP contribution in [0.5, 0.6) is 5.75 Å². The number of halogens is 2. The Morgan fingerprint density at radius 3 is 2.14 bits per heavy atom. The molecule has 2 amide bonds. The smallest absolute Gasteiger partial charge is 0.334 e. The van der Waals surface area contributed by atoms with E-state index < -0.39 is 39.4 Å². The van der Waals surface area contributed by atoms with Gasteiger partial charge in [-0.1, -0.05) is 35.3 Å². The lowest BCUT2D eigenvalue weighted by Gasteiger charge is -2.24. The van der Waals surface area contributed by atoms with Gasteiger partial charge in [-0.25, -0.2) is 13.2 Å². The topological polar surface area (TPSA) is 97.8 Å². The van der Waals surface area contributed by atoms with Gasteiger partial charge in [-0.15, -0.1) is 0 Å². The number of nitrogens with zero attached hydrogens (tertiary/aromatic N) is 1. The van der Waals surface area contributed by atoms with Crippen LogP contribution in [0.15, 0.2) is 42.5 Å². The van der Waals surface area contributed by atoms with Gasteiger partial charge in [-0.2, -0.15) is 0 Å². The number of amides is 2. The van der Waals surface area contributed by atoms with Crippen LogP contribution in [-0.2, 0) is 14.6 Å². The molecule has 1 atom stereocenters. The minimum Gasteiger partial charge on any atom is -0.425 e. The Kier molecular flexibility index (Phi) is 5.97. The van der Waals surface area contributed by atoms with E-state index in [9.17, 15) is 22.8 Å². The lowest BCUT2D eigenvalue weighted by atomic mass is 10.1. The highest BCUT2D eigenvalue weighted by atomic mass is 35.5. The Labute approximate surface area is 177 Å². The highest BCUT2D eigenvalue weighted by molar-refractivity contribution is 7.90. The Morgan fingerprint density at radius 2 is 1.62 bits per heavy atom. The van der Waals surface area contributed by atoms with Gasteiger partial charge >= 0.3 is 5.97 Å². The van der Waals surface area contributed by atoms with E-state index >= 15 is 0 Å². The van der Waals surface area contributed by atoms with Gasteiger partial charge in [-0.3, -0.25) is 14.5 Å². The first-order valence-corrected chi connectivity index (χ1v) is 11.2. The molecule has 0 aromatic heterocycles. The highest BCUT2D eigenvalue weighted by Gasteiger charge is 2.43. The maximum atomic E-state index is 12.8. The van der Waals surface area contributed by atoms with Crippen molar-refractivity contribution in [2.75, 3.05) is 12.0 Å². The molecule has 10 heteroatoms. The standard InChI is InChI=1S/C19H15Cl2NO6S/c1-29(26,27)9-8-16(19(25)28-11-6-7-14(20)15(21)10-11)22-17(23)12-4-2-3-5-13(12)18(22)24/h2-7,10,16H,8-9H2,1H3. The van der Waals surface area contributed by atoms with Crippen molar-refractivity contribution in [2.24, 2.45) is 0 Å². The number of esters is 1. The molecule has 0 N–H and O–H groups in total. The van der Waals surface area contributed by atoms with E-state index in [0.29, 0.717) is 0 Å². The molecule has 7 nitrogen and oxygen atoms in total. The molecule has 1 aliphatic heterocycles. The average molecular weight is 456 g/mol. The first kappa shape index (κ1) is 21.3. The van der Waals surface area contributed by atoms with Gasteiger partial charge in [-0.05, 0) is 30.7 Å². The monoisotopic (exact) mass is 455 g/mol. The van der Waals surface area contributed by atoms with Gasteiger partial charge in [0.2, 0.25) is 0 Å². The van der Waals surface area contributed by atoms with Gasteiger partial charge in [0.25, 0.3) is 11.8 Å². The number of carbonyl (C=O) groups excluding carboxylic acids is 3. The average Bonchev–Trinajstić information content (AvgIpc) is 2.90. The number of sulfone groups is 1. The Hall–Kier alpha value is -2.42. The number of imide groups is 1. The van der Waals surface area contributed by atoms with E-state index in [4.69, 9.17) is 27.9 Å². The number of fused-ring (bicyclic) bond motifs is 1. The molecule has 2 aromatic rings. The zero-order valence-electron chi connectivity index (χ0n) is 15.1. The van der Waals surface area contributed by atoms with Crippen molar-refractivity contribution in [3.63, 3.8) is 0 Å². The Bertz CT molecular complexity index is 1080. The van der Waals surface area contributed by atoms with Gasteiger partial charge < -0.3 is 4.74 Å². The van der Waals surface area contributed by atoms with E-state index in [1.165, 1.54) is 30.3 Å². The van der Waals surface area contributed by atoms with Gasteiger partial charge in [0.15, 0.2) is 0 Å². The van der Waals surface area contributed by atoms with Crippen LogP contribution >= 0.6 is 23.2 Å². The molecule has 0 radical (unpaired) electrons. The fourth-order valence-electron chi connectivity index (χ4n) is 2.89. The van der Waals surface area contributed by atoms with Gasteiger partial charge in [0.1, 0.15) is 21.6 Å². The molecule has 0 spiro atoms. The molecule has 0 saturated carbocycles. The molecule has 0 saturated heterocycles. The largest absolute Gasteiger partial charge is 0.425 e. The van der Waals surface area contributed by atoms with E-state index in [0.717, 1.165) is 11.2 Å². The molecule has 0 bridgehead atoms. The molecule has 1 unspecified atom stereocenters. The number of carbonyl (C=O) groups is 3. The zero-order chi connectivity index (χ0) is 21.3. The first-order chi connectivity index (χ1) is 13.6. The van der Waals surface area contributed by atoms with Crippen LogP contribution in [0.1, 0.15) is 27.1 Å². The van der Waals surface area contributed by atoms with Crippen LogP contribution in [-0.4, -0.2) is 49.2 Å². The summed E-state index contributed by atoms with van der Waals surface area (Å²) in [5.74, 6) is -2.70. The van der Waals surface area contributed by atoms with Crippen molar-refractivity contribution in [3.05, 3.63) is 63.6 Å². The molecule has 0 aliphatic carbocycles. The third-order valence-corrected chi connectivity index (χ3v) is 6.00. The maximum absolute atomic E-state index is 12.8. The number of ether oxygens (including phenoxy) is 1. The van der Waals surface area contributed by atoms with Crippen molar-refractivity contribution in [2.45, 2.75) is 12.5 Å². The fraction of sp³-hybridized carbons (Fsp3) is 0.211.